The van der Waals surface area contributed by atoms with Crippen LogP contribution in [-0.2, 0) is 0 Å². The van der Waals surface area contributed by atoms with Crippen LogP contribution < -0.4 is 4.90 Å². The van der Waals surface area contributed by atoms with Crippen LogP contribution in [0.1, 0.15) is 18.9 Å². The minimum Gasteiger partial charge on any atom is -0.355 e. The Hall–Kier alpha value is -1.67. The van der Waals surface area contributed by atoms with Crippen molar-refractivity contribution >= 4 is 39.3 Å². The van der Waals surface area contributed by atoms with Crippen molar-refractivity contribution in [3.8, 4) is 0 Å². The summed E-state index contributed by atoms with van der Waals surface area (Å²) in [6.45, 7) is 2.00. The Morgan fingerprint density at radius 2 is 2.14 bits per heavy atom. The number of piperidine rings is 1. The lowest BCUT2D eigenvalue weighted by atomic mass is 10.1. The molecule has 0 aliphatic carbocycles. The molecule has 1 aliphatic rings. The van der Waals surface area contributed by atoms with Gasteiger partial charge >= 0.3 is 0 Å². The van der Waals surface area contributed by atoms with Gasteiger partial charge in [-0.25, -0.2) is 19.9 Å². The first-order valence-electron chi connectivity index (χ1n) is 7.23. The van der Waals surface area contributed by atoms with Crippen molar-refractivity contribution in [2.24, 2.45) is 0 Å². The van der Waals surface area contributed by atoms with Crippen molar-refractivity contribution < 1.29 is 0 Å². The molecule has 4 rings (SSSR count). The molecule has 8 heteroatoms. The Morgan fingerprint density at radius 1 is 1.27 bits per heavy atom. The number of thiazole rings is 1. The van der Waals surface area contributed by atoms with Crippen LogP contribution in [-0.4, -0.2) is 43.8 Å². The highest BCUT2D eigenvalue weighted by atomic mass is 32.2. The molecule has 114 valence electrons. The van der Waals surface area contributed by atoms with Crippen molar-refractivity contribution in [3.63, 3.8) is 0 Å². The van der Waals surface area contributed by atoms with E-state index in [1.54, 1.807) is 29.4 Å². The van der Waals surface area contributed by atoms with Gasteiger partial charge in [-0.05, 0) is 19.1 Å². The summed E-state index contributed by atoms with van der Waals surface area (Å²) < 4.78 is 4.36. The van der Waals surface area contributed by atoms with E-state index in [4.69, 9.17) is 0 Å². The fourth-order valence-corrected chi connectivity index (χ4v) is 4.43. The van der Waals surface area contributed by atoms with Gasteiger partial charge in [0.15, 0.2) is 15.8 Å². The van der Waals surface area contributed by atoms with Crippen molar-refractivity contribution in [1.82, 2.24) is 24.5 Å². The van der Waals surface area contributed by atoms with E-state index < -0.39 is 0 Å². The predicted molar refractivity (Wildman–Crippen MR) is 89.7 cm³/mol. The molecule has 0 radical (unpaired) electrons. The summed E-state index contributed by atoms with van der Waals surface area (Å²) in [7, 11) is 0. The Labute approximate surface area is 136 Å². The van der Waals surface area contributed by atoms with Crippen LogP contribution in [0.25, 0.3) is 10.3 Å². The van der Waals surface area contributed by atoms with Gasteiger partial charge in [0.05, 0.1) is 6.33 Å². The number of aromatic nitrogens is 5. The largest absolute Gasteiger partial charge is 0.355 e. The maximum atomic E-state index is 4.53. The van der Waals surface area contributed by atoms with Crippen LogP contribution in [0.15, 0.2) is 29.4 Å². The maximum Gasteiger partial charge on any atom is 0.176 e. The minimum absolute atomic E-state index is 0.541. The number of thioether (sulfide) groups is 1. The molecule has 6 nitrogen and oxygen atoms in total. The fourth-order valence-electron chi connectivity index (χ4n) is 2.90. The Balaban J connectivity index is 1.57. The van der Waals surface area contributed by atoms with Crippen LogP contribution >= 0.6 is 23.1 Å². The molecule has 3 aromatic heterocycles. The summed E-state index contributed by atoms with van der Waals surface area (Å²) >= 11 is 3.35. The van der Waals surface area contributed by atoms with Gasteiger partial charge in [-0.3, -0.25) is 0 Å². The van der Waals surface area contributed by atoms with Crippen molar-refractivity contribution in [2.45, 2.75) is 23.2 Å². The summed E-state index contributed by atoms with van der Waals surface area (Å²) in [4.78, 5) is 19.9. The van der Waals surface area contributed by atoms with E-state index >= 15 is 0 Å². The number of hydrogen-bond donors (Lipinski definition) is 0. The van der Waals surface area contributed by atoms with Gasteiger partial charge in [-0.2, -0.15) is 0 Å². The average Bonchev–Trinajstić information content (AvgIpc) is 3.23. The second-order valence-corrected chi connectivity index (χ2v) is 7.31. The van der Waals surface area contributed by atoms with Gasteiger partial charge in [0.2, 0.25) is 0 Å². The highest BCUT2D eigenvalue weighted by Crippen LogP contribution is 2.34. The van der Waals surface area contributed by atoms with Crippen molar-refractivity contribution in [1.29, 1.82) is 0 Å². The van der Waals surface area contributed by atoms with Crippen LogP contribution in [0.5, 0.6) is 0 Å². The first-order chi connectivity index (χ1) is 10.8. The first kappa shape index (κ1) is 14.0. The molecule has 1 aliphatic heterocycles. The van der Waals surface area contributed by atoms with Crippen LogP contribution in [0.4, 0.5) is 5.82 Å². The SMILES string of the molecule is CSc1nc2ncnc(N3CCC(n4ccnc4)CC3)c2s1. The predicted octanol–water partition coefficient (Wildman–Crippen LogP) is 2.85. The van der Waals surface area contributed by atoms with Crippen molar-refractivity contribution in [3.05, 3.63) is 25.0 Å². The number of fused-ring (bicyclic) bond motifs is 1. The average molecular weight is 332 g/mol. The van der Waals surface area contributed by atoms with Gasteiger partial charge in [0, 0.05) is 31.5 Å². The molecule has 1 fully saturated rings. The molecule has 0 aromatic carbocycles. The Bertz CT molecular complexity index is 761. The quantitative estimate of drug-likeness (QED) is 0.687. The van der Waals surface area contributed by atoms with Gasteiger partial charge in [-0.1, -0.05) is 11.8 Å². The molecule has 4 heterocycles. The van der Waals surface area contributed by atoms with E-state index in [0.717, 1.165) is 46.4 Å². The summed E-state index contributed by atoms with van der Waals surface area (Å²) in [6, 6.07) is 0.541. The number of hydrogen-bond acceptors (Lipinski definition) is 7. The third-order valence-corrected chi connectivity index (χ3v) is 6.06. The number of imidazole rings is 1. The molecule has 1 saturated heterocycles. The molecular formula is C14H16N6S2. The lowest BCUT2D eigenvalue weighted by Crippen LogP contribution is -2.35. The Kier molecular flexibility index (Phi) is 3.71. The second kappa shape index (κ2) is 5.85. The van der Waals surface area contributed by atoms with Gasteiger partial charge < -0.3 is 9.47 Å². The molecule has 0 bridgehead atoms. The second-order valence-electron chi connectivity index (χ2n) is 5.26. The third-order valence-electron chi connectivity index (χ3n) is 4.04. The van der Waals surface area contributed by atoms with E-state index in [0.29, 0.717) is 6.04 Å². The third kappa shape index (κ3) is 2.46. The highest BCUT2D eigenvalue weighted by molar-refractivity contribution is 8.00. The van der Waals surface area contributed by atoms with E-state index in [2.05, 4.69) is 35.6 Å². The summed E-state index contributed by atoms with van der Waals surface area (Å²) in [6.07, 6.45) is 11.7. The molecule has 0 saturated carbocycles. The fraction of sp³-hybridized carbons (Fsp3) is 0.429. The van der Waals surface area contributed by atoms with Crippen LogP contribution in [0.2, 0.25) is 0 Å². The number of nitrogens with zero attached hydrogens (tertiary/aromatic N) is 6. The summed E-state index contributed by atoms with van der Waals surface area (Å²) in [5.74, 6) is 1.03. The standard InChI is InChI=1S/C14H16N6S2/c1-21-14-18-12-11(22-14)13(17-8-16-12)19-5-2-10(3-6-19)20-7-4-15-9-20/h4,7-10H,2-3,5-6H2,1H3. The normalized spacial score (nSPS) is 16.5. The monoisotopic (exact) mass is 332 g/mol. The number of anilines is 1. The highest BCUT2D eigenvalue weighted by Gasteiger charge is 2.23. The zero-order valence-electron chi connectivity index (χ0n) is 12.2. The molecule has 0 N–H and O–H groups in total. The zero-order valence-corrected chi connectivity index (χ0v) is 13.8. The lowest BCUT2D eigenvalue weighted by Gasteiger charge is -2.33. The van der Waals surface area contributed by atoms with Gasteiger partial charge in [-0.15, -0.1) is 11.3 Å². The smallest absolute Gasteiger partial charge is 0.176 e. The van der Waals surface area contributed by atoms with Gasteiger partial charge in [0.1, 0.15) is 11.0 Å². The first-order valence-corrected chi connectivity index (χ1v) is 9.27. The maximum absolute atomic E-state index is 4.53. The van der Waals surface area contributed by atoms with Crippen molar-refractivity contribution in [2.75, 3.05) is 24.2 Å². The van der Waals surface area contributed by atoms with E-state index in [-0.39, 0.29) is 0 Å². The van der Waals surface area contributed by atoms with Gasteiger partial charge in [0.25, 0.3) is 0 Å². The molecule has 0 amide bonds. The van der Waals surface area contributed by atoms with E-state index in [1.165, 1.54) is 0 Å². The lowest BCUT2D eigenvalue weighted by molar-refractivity contribution is 0.395. The van der Waals surface area contributed by atoms with Crippen LogP contribution in [0, 0.1) is 0 Å². The summed E-state index contributed by atoms with van der Waals surface area (Å²) in [5, 5.41) is 0. The zero-order chi connectivity index (χ0) is 14.9. The molecule has 0 spiro atoms. The minimum atomic E-state index is 0.541. The molecule has 22 heavy (non-hydrogen) atoms. The molecule has 0 atom stereocenters. The topological polar surface area (TPSA) is 59.7 Å². The van der Waals surface area contributed by atoms with E-state index in [1.807, 2.05) is 18.8 Å². The Morgan fingerprint density at radius 3 is 2.86 bits per heavy atom. The molecular weight excluding hydrogens is 316 g/mol. The van der Waals surface area contributed by atoms with E-state index in [9.17, 15) is 0 Å². The molecule has 3 aromatic rings. The molecule has 0 unspecified atom stereocenters. The summed E-state index contributed by atoms with van der Waals surface area (Å²) in [5.41, 5.74) is 0.816. The van der Waals surface area contributed by atoms with Crippen LogP contribution in [0.3, 0.4) is 0 Å². The number of rotatable bonds is 3.